The number of hydrogen-bond acceptors (Lipinski definition) is 3. The molecule has 0 unspecified atom stereocenters. The SMILES string of the molecule is CC.CCNCCOC1CCN(C(C)C)CC1. The number of likely N-dealkylation sites (N-methyl/N-ethyl adjacent to an activating group) is 1. The first kappa shape index (κ1) is 16.9. The quantitative estimate of drug-likeness (QED) is 0.727. The van der Waals surface area contributed by atoms with Crippen molar-refractivity contribution in [3.8, 4) is 0 Å². The second-order valence-corrected chi connectivity index (χ2v) is 4.55. The lowest BCUT2D eigenvalue weighted by Gasteiger charge is -2.34. The number of hydrogen-bond donors (Lipinski definition) is 1. The molecule has 1 rings (SSSR count). The van der Waals surface area contributed by atoms with Gasteiger partial charge in [-0.05, 0) is 33.2 Å². The van der Waals surface area contributed by atoms with Gasteiger partial charge in [-0.15, -0.1) is 0 Å². The number of likely N-dealkylation sites (tertiary alicyclic amines) is 1. The molecule has 0 radical (unpaired) electrons. The fourth-order valence-corrected chi connectivity index (χ4v) is 2.03. The molecule has 0 amide bonds. The van der Waals surface area contributed by atoms with Crippen LogP contribution in [0.1, 0.15) is 47.5 Å². The standard InChI is InChI=1S/C12H26N2O.C2H6/c1-4-13-7-10-15-12-5-8-14(9-6-12)11(2)3;1-2/h11-13H,4-10H2,1-3H3;1-2H3. The largest absolute Gasteiger partial charge is 0.377 e. The Labute approximate surface area is 108 Å². The predicted molar refractivity (Wildman–Crippen MR) is 75.6 cm³/mol. The van der Waals surface area contributed by atoms with Crippen LogP contribution in [0.3, 0.4) is 0 Å². The van der Waals surface area contributed by atoms with E-state index >= 15 is 0 Å². The zero-order valence-corrected chi connectivity index (χ0v) is 12.5. The van der Waals surface area contributed by atoms with Crippen molar-refractivity contribution >= 4 is 0 Å². The van der Waals surface area contributed by atoms with E-state index in [2.05, 4.69) is 31.0 Å². The summed E-state index contributed by atoms with van der Waals surface area (Å²) < 4.78 is 5.82. The summed E-state index contributed by atoms with van der Waals surface area (Å²) in [7, 11) is 0. The van der Waals surface area contributed by atoms with Crippen molar-refractivity contribution in [1.82, 2.24) is 10.2 Å². The van der Waals surface area contributed by atoms with E-state index in [0.717, 1.165) is 19.7 Å². The van der Waals surface area contributed by atoms with Crippen LogP contribution in [0, 0.1) is 0 Å². The molecule has 1 N–H and O–H groups in total. The maximum Gasteiger partial charge on any atom is 0.0600 e. The summed E-state index contributed by atoms with van der Waals surface area (Å²) in [4.78, 5) is 2.53. The summed E-state index contributed by atoms with van der Waals surface area (Å²) in [6, 6.07) is 0.688. The normalized spacial score (nSPS) is 18.0. The molecule has 0 aromatic heterocycles. The average Bonchev–Trinajstić information content (AvgIpc) is 2.38. The molecule has 3 heteroatoms. The Balaban J connectivity index is 0.00000121. The van der Waals surface area contributed by atoms with E-state index in [4.69, 9.17) is 4.74 Å². The van der Waals surface area contributed by atoms with Crippen LogP contribution in [0.15, 0.2) is 0 Å². The maximum atomic E-state index is 5.82. The highest BCUT2D eigenvalue weighted by molar-refractivity contribution is 4.74. The molecule has 0 saturated carbocycles. The molecule has 0 aromatic carbocycles. The second-order valence-electron chi connectivity index (χ2n) is 4.55. The molecule has 1 aliphatic heterocycles. The topological polar surface area (TPSA) is 24.5 Å². The predicted octanol–water partition coefficient (Wildman–Crippen LogP) is 2.51. The Hall–Kier alpha value is -0.120. The van der Waals surface area contributed by atoms with Crippen LogP contribution in [0.5, 0.6) is 0 Å². The van der Waals surface area contributed by atoms with Gasteiger partial charge < -0.3 is 15.0 Å². The third-order valence-electron chi connectivity index (χ3n) is 3.09. The van der Waals surface area contributed by atoms with Gasteiger partial charge in [-0.2, -0.15) is 0 Å². The highest BCUT2D eigenvalue weighted by Crippen LogP contribution is 2.15. The molecular weight excluding hydrogens is 212 g/mol. The van der Waals surface area contributed by atoms with E-state index in [9.17, 15) is 0 Å². The van der Waals surface area contributed by atoms with E-state index in [-0.39, 0.29) is 0 Å². The third-order valence-corrected chi connectivity index (χ3v) is 3.09. The minimum absolute atomic E-state index is 0.499. The molecular formula is C14H32N2O. The summed E-state index contributed by atoms with van der Waals surface area (Å²) in [6.07, 6.45) is 2.90. The molecule has 0 aromatic rings. The van der Waals surface area contributed by atoms with Gasteiger partial charge in [-0.25, -0.2) is 0 Å². The lowest BCUT2D eigenvalue weighted by atomic mass is 10.1. The molecule has 1 heterocycles. The van der Waals surface area contributed by atoms with Crippen molar-refractivity contribution in [3.63, 3.8) is 0 Å². The van der Waals surface area contributed by atoms with Gasteiger partial charge in [0.2, 0.25) is 0 Å². The Morgan fingerprint density at radius 2 is 1.82 bits per heavy atom. The summed E-state index contributed by atoms with van der Waals surface area (Å²) in [5.74, 6) is 0. The highest BCUT2D eigenvalue weighted by atomic mass is 16.5. The molecule has 1 fully saturated rings. The molecule has 0 aliphatic carbocycles. The van der Waals surface area contributed by atoms with E-state index in [0.29, 0.717) is 12.1 Å². The van der Waals surface area contributed by atoms with Gasteiger partial charge in [0.1, 0.15) is 0 Å². The number of nitrogens with zero attached hydrogens (tertiary/aromatic N) is 1. The van der Waals surface area contributed by atoms with Gasteiger partial charge in [0.25, 0.3) is 0 Å². The monoisotopic (exact) mass is 244 g/mol. The van der Waals surface area contributed by atoms with Crippen molar-refractivity contribution < 1.29 is 4.74 Å². The van der Waals surface area contributed by atoms with Crippen LogP contribution < -0.4 is 5.32 Å². The minimum Gasteiger partial charge on any atom is -0.377 e. The van der Waals surface area contributed by atoms with Crippen LogP contribution in [-0.2, 0) is 4.74 Å². The smallest absolute Gasteiger partial charge is 0.0600 e. The zero-order valence-electron chi connectivity index (χ0n) is 12.5. The van der Waals surface area contributed by atoms with Crippen molar-refractivity contribution in [2.75, 3.05) is 32.8 Å². The lowest BCUT2D eigenvalue weighted by molar-refractivity contribution is 0.00306. The number of piperidine rings is 1. The molecule has 1 aliphatic rings. The first-order valence-electron chi connectivity index (χ1n) is 7.30. The van der Waals surface area contributed by atoms with Crippen LogP contribution in [0.4, 0.5) is 0 Å². The Kier molecular flexibility index (Phi) is 10.9. The maximum absolute atomic E-state index is 5.82. The summed E-state index contributed by atoms with van der Waals surface area (Å²) in [5.41, 5.74) is 0. The van der Waals surface area contributed by atoms with Crippen LogP contribution in [-0.4, -0.2) is 49.8 Å². The highest BCUT2D eigenvalue weighted by Gasteiger charge is 2.20. The van der Waals surface area contributed by atoms with E-state index < -0.39 is 0 Å². The van der Waals surface area contributed by atoms with Gasteiger partial charge in [-0.1, -0.05) is 20.8 Å². The Morgan fingerprint density at radius 1 is 1.24 bits per heavy atom. The Morgan fingerprint density at radius 3 is 2.29 bits per heavy atom. The second kappa shape index (κ2) is 11.0. The van der Waals surface area contributed by atoms with E-state index in [1.807, 2.05) is 13.8 Å². The molecule has 0 atom stereocenters. The fraction of sp³-hybridized carbons (Fsp3) is 1.00. The number of ether oxygens (including phenoxy) is 1. The van der Waals surface area contributed by atoms with Crippen molar-refractivity contribution in [2.45, 2.75) is 59.6 Å². The molecule has 0 bridgehead atoms. The van der Waals surface area contributed by atoms with Gasteiger partial charge in [0.15, 0.2) is 0 Å². The molecule has 3 nitrogen and oxygen atoms in total. The average molecular weight is 244 g/mol. The van der Waals surface area contributed by atoms with Crippen LogP contribution in [0.25, 0.3) is 0 Å². The Bertz CT molecular complexity index is 154. The molecule has 104 valence electrons. The molecule has 17 heavy (non-hydrogen) atoms. The van der Waals surface area contributed by atoms with Gasteiger partial charge >= 0.3 is 0 Å². The summed E-state index contributed by atoms with van der Waals surface area (Å²) >= 11 is 0. The zero-order chi connectivity index (χ0) is 13.1. The minimum atomic E-state index is 0.499. The third kappa shape index (κ3) is 7.74. The number of rotatable bonds is 6. The van der Waals surface area contributed by atoms with Gasteiger partial charge in [-0.3, -0.25) is 0 Å². The lowest BCUT2D eigenvalue weighted by Crippen LogP contribution is -2.41. The van der Waals surface area contributed by atoms with E-state index in [1.165, 1.54) is 25.9 Å². The van der Waals surface area contributed by atoms with Crippen molar-refractivity contribution in [1.29, 1.82) is 0 Å². The number of nitrogens with one attached hydrogen (secondary N) is 1. The van der Waals surface area contributed by atoms with Gasteiger partial charge in [0.05, 0.1) is 12.7 Å². The van der Waals surface area contributed by atoms with Crippen molar-refractivity contribution in [2.24, 2.45) is 0 Å². The summed E-state index contributed by atoms with van der Waals surface area (Å²) in [5, 5.41) is 3.28. The van der Waals surface area contributed by atoms with Crippen molar-refractivity contribution in [3.05, 3.63) is 0 Å². The van der Waals surface area contributed by atoms with Crippen LogP contribution >= 0.6 is 0 Å². The molecule has 0 spiro atoms. The fourth-order valence-electron chi connectivity index (χ4n) is 2.03. The first-order valence-corrected chi connectivity index (χ1v) is 7.30. The first-order chi connectivity index (χ1) is 8.24. The summed E-state index contributed by atoms with van der Waals surface area (Å²) in [6.45, 7) is 15.9. The molecule has 1 saturated heterocycles. The van der Waals surface area contributed by atoms with Crippen LogP contribution in [0.2, 0.25) is 0 Å². The van der Waals surface area contributed by atoms with E-state index in [1.54, 1.807) is 0 Å². The van der Waals surface area contributed by atoms with Gasteiger partial charge in [0, 0.05) is 25.7 Å².